The van der Waals surface area contributed by atoms with E-state index in [9.17, 15) is 13.2 Å². The van der Waals surface area contributed by atoms with E-state index in [0.717, 1.165) is 9.87 Å². The molecule has 0 radical (unpaired) electrons. The number of hydrogen-bond acceptors (Lipinski definition) is 4. The lowest BCUT2D eigenvalue weighted by Gasteiger charge is -2.13. The van der Waals surface area contributed by atoms with Gasteiger partial charge in [0.2, 0.25) is 10.0 Å². The normalized spacial score (nSPS) is 11.4. The molecule has 25 heavy (non-hydrogen) atoms. The Bertz CT molecular complexity index is 882. The van der Waals surface area contributed by atoms with Gasteiger partial charge >= 0.3 is 0 Å². The number of carbonyl (C=O) groups is 1. The van der Waals surface area contributed by atoms with Crippen molar-refractivity contribution in [3.8, 4) is 5.75 Å². The third-order valence-corrected chi connectivity index (χ3v) is 5.47. The number of anilines is 1. The lowest BCUT2D eigenvalue weighted by atomic mass is 10.2. The fraction of sp³-hybridized carbons (Fsp3) is 0.235. The minimum Gasteiger partial charge on any atom is -0.482 e. The molecule has 0 heterocycles. The van der Waals surface area contributed by atoms with Crippen LogP contribution >= 0.6 is 11.6 Å². The van der Waals surface area contributed by atoms with Crippen molar-refractivity contribution in [1.29, 1.82) is 0 Å². The number of halogens is 1. The molecule has 2 aromatic rings. The second-order valence-electron chi connectivity index (χ2n) is 5.59. The fourth-order valence-corrected chi connectivity index (χ4v) is 3.13. The Morgan fingerprint density at radius 1 is 1.20 bits per heavy atom. The van der Waals surface area contributed by atoms with Gasteiger partial charge in [-0.15, -0.1) is 0 Å². The van der Waals surface area contributed by atoms with Gasteiger partial charge in [-0.2, -0.15) is 0 Å². The van der Waals surface area contributed by atoms with Crippen molar-refractivity contribution in [2.24, 2.45) is 0 Å². The van der Waals surface area contributed by atoms with Crippen LogP contribution in [0.15, 0.2) is 47.4 Å². The number of sulfonamides is 1. The van der Waals surface area contributed by atoms with Crippen LogP contribution in [0.5, 0.6) is 5.75 Å². The average molecular weight is 383 g/mol. The van der Waals surface area contributed by atoms with Gasteiger partial charge in [0, 0.05) is 19.8 Å². The van der Waals surface area contributed by atoms with E-state index in [1.165, 1.54) is 26.2 Å². The average Bonchev–Trinajstić information content (AvgIpc) is 2.55. The van der Waals surface area contributed by atoms with E-state index in [1.807, 2.05) is 13.0 Å². The quantitative estimate of drug-likeness (QED) is 0.833. The molecule has 0 atom stereocenters. The number of ether oxygens (including phenoxy) is 1. The van der Waals surface area contributed by atoms with Crippen LogP contribution in [-0.4, -0.2) is 39.3 Å². The van der Waals surface area contributed by atoms with Crippen LogP contribution in [0.3, 0.4) is 0 Å². The van der Waals surface area contributed by atoms with Gasteiger partial charge < -0.3 is 10.1 Å². The van der Waals surface area contributed by atoms with Gasteiger partial charge in [0.1, 0.15) is 5.75 Å². The molecule has 134 valence electrons. The summed E-state index contributed by atoms with van der Waals surface area (Å²) >= 11 is 6.01. The topological polar surface area (TPSA) is 75.7 Å². The predicted molar refractivity (Wildman–Crippen MR) is 97.6 cm³/mol. The number of benzene rings is 2. The van der Waals surface area contributed by atoms with Crippen LogP contribution in [0.4, 0.5) is 5.69 Å². The Morgan fingerprint density at radius 3 is 2.60 bits per heavy atom. The first-order valence-electron chi connectivity index (χ1n) is 7.41. The summed E-state index contributed by atoms with van der Waals surface area (Å²) in [6.45, 7) is 1.65. The second-order valence-corrected chi connectivity index (χ2v) is 8.15. The number of amides is 1. The van der Waals surface area contributed by atoms with Crippen molar-refractivity contribution >= 4 is 33.2 Å². The fourth-order valence-electron chi connectivity index (χ4n) is 2.01. The number of rotatable bonds is 6. The molecule has 0 aliphatic rings. The lowest BCUT2D eigenvalue weighted by molar-refractivity contribution is -0.118. The highest BCUT2D eigenvalue weighted by Gasteiger charge is 2.17. The van der Waals surface area contributed by atoms with E-state index in [-0.39, 0.29) is 11.5 Å². The van der Waals surface area contributed by atoms with Gasteiger partial charge in [-0.3, -0.25) is 4.79 Å². The summed E-state index contributed by atoms with van der Waals surface area (Å²) in [5, 5.41) is 3.02. The predicted octanol–water partition coefficient (Wildman–Crippen LogP) is 2.92. The first-order valence-corrected chi connectivity index (χ1v) is 9.23. The Labute approximate surface area is 152 Å². The van der Waals surface area contributed by atoms with E-state index in [4.69, 9.17) is 16.3 Å². The molecule has 0 unspecified atom stereocenters. The Kier molecular flexibility index (Phi) is 6.05. The summed E-state index contributed by atoms with van der Waals surface area (Å²) in [4.78, 5) is 12.1. The third-order valence-electron chi connectivity index (χ3n) is 3.34. The highest BCUT2D eigenvalue weighted by molar-refractivity contribution is 7.89. The summed E-state index contributed by atoms with van der Waals surface area (Å²) in [5.41, 5.74) is 1.33. The third kappa shape index (κ3) is 4.94. The van der Waals surface area contributed by atoms with Gasteiger partial charge in [0.15, 0.2) is 6.61 Å². The lowest BCUT2D eigenvalue weighted by Crippen LogP contribution is -2.23. The van der Waals surface area contributed by atoms with Crippen molar-refractivity contribution in [2.45, 2.75) is 11.8 Å². The molecule has 0 saturated carbocycles. The highest BCUT2D eigenvalue weighted by Crippen LogP contribution is 2.25. The molecular weight excluding hydrogens is 364 g/mol. The minimum absolute atomic E-state index is 0.0953. The first-order chi connectivity index (χ1) is 11.7. The second kappa shape index (κ2) is 7.86. The van der Waals surface area contributed by atoms with Crippen LogP contribution in [0.1, 0.15) is 5.56 Å². The molecule has 0 bridgehead atoms. The number of carbonyl (C=O) groups excluding carboxylic acids is 1. The Morgan fingerprint density at radius 2 is 1.92 bits per heavy atom. The molecule has 0 aromatic heterocycles. The SMILES string of the molecule is Cc1ccc(Cl)c(OCC(=O)Nc2cccc(S(=O)(=O)N(C)C)c2)c1. The minimum atomic E-state index is -3.57. The van der Waals surface area contributed by atoms with Gasteiger partial charge in [0.05, 0.1) is 9.92 Å². The van der Waals surface area contributed by atoms with Crippen LogP contribution in [0, 0.1) is 6.92 Å². The number of hydrogen-bond donors (Lipinski definition) is 1. The van der Waals surface area contributed by atoms with Gasteiger partial charge in [-0.05, 0) is 42.8 Å². The molecule has 0 spiro atoms. The zero-order valence-electron chi connectivity index (χ0n) is 14.1. The van der Waals surface area contributed by atoms with E-state index in [2.05, 4.69) is 5.32 Å². The summed E-state index contributed by atoms with van der Waals surface area (Å²) in [7, 11) is -0.679. The molecular formula is C17H19ClN2O4S. The highest BCUT2D eigenvalue weighted by atomic mass is 35.5. The largest absolute Gasteiger partial charge is 0.482 e. The van der Waals surface area contributed by atoms with Crippen molar-refractivity contribution in [1.82, 2.24) is 4.31 Å². The zero-order valence-corrected chi connectivity index (χ0v) is 15.7. The summed E-state index contributed by atoms with van der Waals surface area (Å²) in [6.07, 6.45) is 0. The monoisotopic (exact) mass is 382 g/mol. The van der Waals surface area contributed by atoms with Gasteiger partial charge in [-0.1, -0.05) is 23.7 Å². The summed E-state index contributed by atoms with van der Waals surface area (Å²) in [5.74, 6) is -0.00210. The van der Waals surface area contributed by atoms with Crippen molar-refractivity contribution in [3.63, 3.8) is 0 Å². The molecule has 0 aliphatic heterocycles. The van der Waals surface area contributed by atoms with Gasteiger partial charge in [0.25, 0.3) is 5.91 Å². The van der Waals surface area contributed by atoms with E-state index >= 15 is 0 Å². The van der Waals surface area contributed by atoms with Crippen LogP contribution in [-0.2, 0) is 14.8 Å². The molecule has 0 aliphatic carbocycles. The number of nitrogens with one attached hydrogen (secondary N) is 1. The van der Waals surface area contributed by atoms with Crippen molar-refractivity contribution < 1.29 is 17.9 Å². The van der Waals surface area contributed by atoms with Crippen LogP contribution in [0.2, 0.25) is 5.02 Å². The molecule has 6 nitrogen and oxygen atoms in total. The van der Waals surface area contributed by atoms with Crippen molar-refractivity contribution in [3.05, 3.63) is 53.1 Å². The molecule has 1 N–H and O–H groups in total. The van der Waals surface area contributed by atoms with Crippen LogP contribution in [0.25, 0.3) is 0 Å². The summed E-state index contributed by atoms with van der Waals surface area (Å²) < 4.78 is 30.8. The van der Waals surface area contributed by atoms with E-state index < -0.39 is 15.9 Å². The number of nitrogens with zero attached hydrogens (tertiary/aromatic N) is 1. The molecule has 0 fully saturated rings. The maximum Gasteiger partial charge on any atom is 0.262 e. The molecule has 2 rings (SSSR count). The van der Waals surface area contributed by atoms with E-state index in [1.54, 1.807) is 24.3 Å². The standard InChI is InChI=1S/C17H19ClN2O4S/c1-12-7-8-15(18)16(9-12)24-11-17(21)19-13-5-4-6-14(10-13)25(22,23)20(2)3/h4-10H,11H2,1-3H3,(H,19,21). The molecule has 8 heteroatoms. The zero-order chi connectivity index (χ0) is 18.6. The Hall–Kier alpha value is -2.09. The molecule has 0 saturated heterocycles. The molecule has 2 aromatic carbocycles. The maximum absolute atomic E-state index is 12.1. The van der Waals surface area contributed by atoms with E-state index in [0.29, 0.717) is 16.5 Å². The van der Waals surface area contributed by atoms with Gasteiger partial charge in [-0.25, -0.2) is 12.7 Å². The first kappa shape index (κ1) is 19.2. The van der Waals surface area contributed by atoms with Crippen molar-refractivity contribution in [2.75, 3.05) is 26.0 Å². The maximum atomic E-state index is 12.1. The molecule has 1 amide bonds. The smallest absolute Gasteiger partial charge is 0.262 e. The number of aryl methyl sites for hydroxylation is 1. The van der Waals surface area contributed by atoms with Crippen LogP contribution < -0.4 is 10.1 Å². The summed E-state index contributed by atoms with van der Waals surface area (Å²) in [6, 6.07) is 11.3. The Balaban J connectivity index is 2.05.